The van der Waals surface area contributed by atoms with Gasteiger partial charge in [0.25, 0.3) is 0 Å². The van der Waals surface area contributed by atoms with Crippen molar-refractivity contribution in [2.24, 2.45) is 0 Å². The van der Waals surface area contributed by atoms with Gasteiger partial charge in [-0.1, -0.05) is 0 Å². The molecular weight excluding hydrogens is 548 g/mol. The van der Waals surface area contributed by atoms with Crippen LogP contribution in [0.5, 0.6) is 0 Å². The average Bonchev–Trinajstić information content (AvgIpc) is 2.90. The fraction of sp³-hybridized carbons (Fsp3) is 0.909. The summed E-state index contributed by atoms with van der Waals surface area (Å²) >= 11 is 0. The van der Waals surface area contributed by atoms with Crippen LogP contribution in [0.4, 0.5) is 0 Å². The maximum atomic E-state index is 11.9. The fourth-order valence-electron chi connectivity index (χ4n) is 4.77. The Hall–Kier alpha value is -1.62. The lowest BCUT2D eigenvalue weighted by Gasteiger charge is -2.48. The summed E-state index contributed by atoms with van der Waals surface area (Å²) < 4.78 is 27.6. The molecule has 3 aliphatic rings. The van der Waals surface area contributed by atoms with Crippen LogP contribution in [0.3, 0.4) is 0 Å². The monoisotopic (exact) mass is 586 g/mol. The first-order valence-electron chi connectivity index (χ1n) is 12.6. The van der Waals surface area contributed by atoms with Crippen LogP contribution in [-0.2, 0) is 33.3 Å². The SMILES string of the molecule is CC(=O)N[C@H]1[C@H](OC[C@H]2OC(O)[C@@H](O)[C@@H](O)[C@@H]2O)O[C@H](CO)[C@@H](O[C@@H]2O[C@H](CO)[C@H](O)[C@H](O)[C@H]2NC(C)=O)[C@@H]1O. The molecule has 0 radical (unpaired) electrons. The van der Waals surface area contributed by atoms with Crippen molar-refractivity contribution >= 4 is 11.8 Å². The quantitative estimate of drug-likeness (QED) is 0.120. The van der Waals surface area contributed by atoms with E-state index in [9.17, 15) is 55.5 Å². The van der Waals surface area contributed by atoms with Crippen LogP contribution in [0, 0.1) is 0 Å². The van der Waals surface area contributed by atoms with E-state index in [0.717, 1.165) is 13.8 Å². The van der Waals surface area contributed by atoms with Crippen molar-refractivity contribution in [1.82, 2.24) is 10.6 Å². The standard InChI is InChI=1S/C22H38N2O16/c1-6(27)23-11-15(31)13(29)8(3-25)38-22(11)40-19-9(4-26)39-21(12(16(19)32)24-7(2)28)36-5-10-14(30)17(33)18(34)20(35)37-10/h8-22,25-26,29-35H,3-5H2,1-2H3,(H,23,27)(H,24,28)/t8-,9-,10-,11-,12-,13+,14-,15-,16-,17+,18+,19-,20?,21-,22+/m1/s1. The van der Waals surface area contributed by atoms with Gasteiger partial charge in [0.2, 0.25) is 11.8 Å². The van der Waals surface area contributed by atoms with Gasteiger partial charge in [-0.2, -0.15) is 0 Å². The Labute approximate surface area is 228 Å². The topological polar surface area (TPSA) is 286 Å². The van der Waals surface area contributed by atoms with Gasteiger partial charge >= 0.3 is 0 Å². The number of amides is 2. The molecular formula is C22H38N2O16. The van der Waals surface area contributed by atoms with Crippen molar-refractivity contribution in [3.8, 4) is 0 Å². The normalized spacial score (nSPS) is 46.0. The molecule has 3 saturated heterocycles. The first kappa shape index (κ1) is 32.9. The number of rotatable bonds is 9. The molecule has 0 aromatic rings. The van der Waals surface area contributed by atoms with Gasteiger partial charge in [0.05, 0.1) is 19.8 Å². The number of hydrogen-bond acceptors (Lipinski definition) is 16. The molecule has 232 valence electrons. The molecule has 0 spiro atoms. The van der Waals surface area contributed by atoms with Gasteiger partial charge < -0.3 is 80.3 Å². The van der Waals surface area contributed by atoms with Crippen LogP contribution in [0.2, 0.25) is 0 Å². The molecule has 0 saturated carbocycles. The van der Waals surface area contributed by atoms with E-state index in [4.69, 9.17) is 23.7 Å². The van der Waals surface area contributed by atoms with Gasteiger partial charge in [-0.25, -0.2) is 0 Å². The Bertz CT molecular complexity index is 854. The first-order chi connectivity index (χ1) is 18.8. The Morgan fingerprint density at radius 2 is 1.18 bits per heavy atom. The van der Waals surface area contributed by atoms with Crippen molar-refractivity contribution in [2.45, 2.75) is 106 Å². The fourth-order valence-corrected chi connectivity index (χ4v) is 4.77. The maximum Gasteiger partial charge on any atom is 0.217 e. The van der Waals surface area contributed by atoms with Crippen LogP contribution in [0.25, 0.3) is 0 Å². The predicted octanol–water partition coefficient (Wildman–Crippen LogP) is -7.29. The van der Waals surface area contributed by atoms with Crippen molar-refractivity contribution < 1.29 is 79.2 Å². The number of carbonyl (C=O) groups is 2. The molecule has 0 aliphatic carbocycles. The summed E-state index contributed by atoms with van der Waals surface area (Å²) in [6.45, 7) is 0.159. The molecule has 15 atom stereocenters. The van der Waals surface area contributed by atoms with Crippen molar-refractivity contribution in [3.05, 3.63) is 0 Å². The molecule has 3 fully saturated rings. The summed E-state index contributed by atoms with van der Waals surface area (Å²) in [6.07, 6.45) is -20.7. The van der Waals surface area contributed by atoms with Crippen molar-refractivity contribution in [3.63, 3.8) is 0 Å². The first-order valence-corrected chi connectivity index (χ1v) is 12.6. The molecule has 11 N–H and O–H groups in total. The molecule has 2 amide bonds. The van der Waals surface area contributed by atoms with E-state index in [1.807, 2.05) is 0 Å². The van der Waals surface area contributed by atoms with E-state index >= 15 is 0 Å². The second-order valence-electron chi connectivity index (χ2n) is 9.85. The van der Waals surface area contributed by atoms with Crippen LogP contribution in [0.15, 0.2) is 0 Å². The molecule has 3 heterocycles. The summed E-state index contributed by atoms with van der Waals surface area (Å²) in [5.74, 6) is -1.27. The van der Waals surface area contributed by atoms with Crippen molar-refractivity contribution in [1.29, 1.82) is 0 Å². The van der Waals surface area contributed by atoms with Gasteiger partial charge in [-0.3, -0.25) is 9.59 Å². The third kappa shape index (κ3) is 7.23. The molecule has 40 heavy (non-hydrogen) atoms. The molecule has 0 aromatic carbocycles. The second-order valence-corrected chi connectivity index (χ2v) is 9.85. The number of ether oxygens (including phenoxy) is 5. The van der Waals surface area contributed by atoms with E-state index in [1.54, 1.807) is 0 Å². The lowest BCUT2D eigenvalue weighted by Crippen LogP contribution is -2.69. The molecule has 3 rings (SSSR count). The van der Waals surface area contributed by atoms with E-state index < -0.39 is 124 Å². The molecule has 18 heteroatoms. The Morgan fingerprint density at radius 1 is 0.650 bits per heavy atom. The summed E-state index contributed by atoms with van der Waals surface area (Å²) in [4.78, 5) is 23.6. The Balaban J connectivity index is 1.79. The second kappa shape index (κ2) is 14.0. The number of aliphatic hydroxyl groups is 9. The van der Waals surface area contributed by atoms with Crippen molar-refractivity contribution in [2.75, 3.05) is 19.8 Å². The van der Waals surface area contributed by atoms with Gasteiger partial charge in [0, 0.05) is 13.8 Å². The van der Waals surface area contributed by atoms with Gasteiger partial charge in [-0.05, 0) is 0 Å². The summed E-state index contributed by atoms with van der Waals surface area (Å²) in [7, 11) is 0. The van der Waals surface area contributed by atoms with E-state index in [2.05, 4.69) is 10.6 Å². The van der Waals surface area contributed by atoms with Crippen LogP contribution >= 0.6 is 0 Å². The van der Waals surface area contributed by atoms with Crippen LogP contribution in [0.1, 0.15) is 13.8 Å². The smallest absolute Gasteiger partial charge is 0.217 e. The minimum Gasteiger partial charge on any atom is -0.394 e. The van der Waals surface area contributed by atoms with Crippen LogP contribution < -0.4 is 10.6 Å². The Morgan fingerprint density at radius 3 is 1.73 bits per heavy atom. The van der Waals surface area contributed by atoms with Gasteiger partial charge in [-0.15, -0.1) is 0 Å². The minimum atomic E-state index is -1.84. The highest BCUT2D eigenvalue weighted by atomic mass is 16.7. The highest BCUT2D eigenvalue weighted by molar-refractivity contribution is 5.73. The molecule has 0 bridgehead atoms. The third-order valence-corrected chi connectivity index (χ3v) is 6.88. The highest BCUT2D eigenvalue weighted by Crippen LogP contribution is 2.30. The lowest BCUT2D eigenvalue weighted by molar-refractivity contribution is -0.339. The Kier molecular flexibility index (Phi) is 11.5. The lowest BCUT2D eigenvalue weighted by atomic mass is 9.94. The predicted molar refractivity (Wildman–Crippen MR) is 124 cm³/mol. The molecule has 1 unspecified atom stereocenters. The third-order valence-electron chi connectivity index (χ3n) is 6.88. The summed E-state index contributed by atoms with van der Waals surface area (Å²) in [5.41, 5.74) is 0. The van der Waals surface area contributed by atoms with Crippen LogP contribution in [-0.4, -0.2) is 170 Å². The van der Waals surface area contributed by atoms with Gasteiger partial charge in [0.1, 0.15) is 73.1 Å². The van der Waals surface area contributed by atoms with E-state index in [-0.39, 0.29) is 0 Å². The minimum absolute atomic E-state index is 0.572. The van der Waals surface area contributed by atoms with E-state index in [1.165, 1.54) is 0 Å². The largest absolute Gasteiger partial charge is 0.394 e. The number of aliphatic hydroxyl groups excluding tert-OH is 9. The molecule has 3 aliphatic heterocycles. The van der Waals surface area contributed by atoms with E-state index in [0.29, 0.717) is 0 Å². The zero-order valence-corrected chi connectivity index (χ0v) is 21.7. The zero-order chi connectivity index (χ0) is 29.9. The highest BCUT2D eigenvalue weighted by Gasteiger charge is 2.52. The summed E-state index contributed by atoms with van der Waals surface area (Å²) in [6, 6.07) is -2.77. The number of hydrogen-bond donors (Lipinski definition) is 11. The molecule has 18 nitrogen and oxygen atoms in total. The maximum absolute atomic E-state index is 11.9. The number of carbonyl (C=O) groups excluding carboxylic acids is 2. The average molecular weight is 587 g/mol. The summed E-state index contributed by atoms with van der Waals surface area (Å²) in [5, 5.41) is 95.7. The van der Waals surface area contributed by atoms with Gasteiger partial charge in [0.15, 0.2) is 18.9 Å². The number of nitrogens with one attached hydrogen (secondary N) is 2. The molecule has 0 aromatic heterocycles. The zero-order valence-electron chi connectivity index (χ0n) is 21.7.